The highest BCUT2D eigenvalue weighted by Gasteiger charge is 2.17. The third kappa shape index (κ3) is 5.17. The molecule has 1 fully saturated rings. The van der Waals surface area contributed by atoms with E-state index in [1.807, 2.05) is 19.3 Å². The normalized spacial score (nSPS) is 19.4. The molecular formula is C15H26N4O. The largest absolute Gasteiger partial charge is 0.390 e. The summed E-state index contributed by atoms with van der Waals surface area (Å²) >= 11 is 0. The maximum absolute atomic E-state index is 10.2. The van der Waals surface area contributed by atoms with E-state index in [1.54, 1.807) is 6.20 Å². The summed E-state index contributed by atoms with van der Waals surface area (Å²) in [5, 5.41) is 10.2. The molecule has 1 saturated heterocycles. The maximum atomic E-state index is 10.2. The standard InChI is InChI=1S/C15H26N4O/c1-17-6-8-19(9-7-17)13-15(20)12-18(2)11-14-4-3-5-16-10-14/h3-5,10,15,20H,6-9,11-13H2,1-2H3. The average Bonchev–Trinajstić information content (AvgIpc) is 2.42. The summed E-state index contributed by atoms with van der Waals surface area (Å²) in [4.78, 5) is 10.9. The van der Waals surface area contributed by atoms with Gasteiger partial charge in [-0.05, 0) is 25.7 Å². The molecule has 5 nitrogen and oxygen atoms in total. The van der Waals surface area contributed by atoms with Gasteiger partial charge in [-0.25, -0.2) is 0 Å². The van der Waals surface area contributed by atoms with Crippen LogP contribution in [-0.2, 0) is 6.54 Å². The second kappa shape index (κ2) is 7.69. The van der Waals surface area contributed by atoms with Crippen molar-refractivity contribution in [1.82, 2.24) is 19.7 Å². The fraction of sp³-hybridized carbons (Fsp3) is 0.667. The van der Waals surface area contributed by atoms with Crippen molar-refractivity contribution in [3.05, 3.63) is 30.1 Å². The first-order valence-electron chi connectivity index (χ1n) is 7.30. The van der Waals surface area contributed by atoms with Gasteiger partial charge in [0.15, 0.2) is 0 Å². The van der Waals surface area contributed by atoms with Gasteiger partial charge in [0, 0.05) is 58.2 Å². The van der Waals surface area contributed by atoms with Crippen molar-refractivity contribution in [3.8, 4) is 0 Å². The van der Waals surface area contributed by atoms with Crippen molar-refractivity contribution in [2.24, 2.45) is 0 Å². The molecule has 0 aromatic carbocycles. The van der Waals surface area contributed by atoms with E-state index in [-0.39, 0.29) is 6.10 Å². The van der Waals surface area contributed by atoms with Crippen molar-refractivity contribution in [2.75, 3.05) is 53.4 Å². The van der Waals surface area contributed by atoms with Crippen molar-refractivity contribution < 1.29 is 5.11 Å². The first-order valence-corrected chi connectivity index (χ1v) is 7.30. The molecule has 0 amide bonds. The van der Waals surface area contributed by atoms with Gasteiger partial charge in [-0.1, -0.05) is 6.07 Å². The molecule has 1 N–H and O–H groups in total. The minimum absolute atomic E-state index is 0.292. The van der Waals surface area contributed by atoms with E-state index >= 15 is 0 Å². The Morgan fingerprint density at radius 1 is 1.35 bits per heavy atom. The molecule has 0 radical (unpaired) electrons. The van der Waals surface area contributed by atoms with Crippen LogP contribution < -0.4 is 0 Å². The summed E-state index contributed by atoms with van der Waals surface area (Å²) in [6.07, 6.45) is 3.37. The zero-order valence-corrected chi connectivity index (χ0v) is 12.6. The Labute approximate surface area is 121 Å². The van der Waals surface area contributed by atoms with Gasteiger partial charge < -0.3 is 10.0 Å². The first kappa shape index (κ1) is 15.4. The van der Waals surface area contributed by atoms with E-state index < -0.39 is 0 Å². The number of likely N-dealkylation sites (N-methyl/N-ethyl adjacent to an activating group) is 2. The highest BCUT2D eigenvalue weighted by atomic mass is 16.3. The first-order chi connectivity index (χ1) is 9.63. The number of piperazine rings is 1. The molecule has 1 aromatic rings. The summed E-state index contributed by atoms with van der Waals surface area (Å²) in [7, 11) is 4.19. The number of aliphatic hydroxyl groups is 1. The van der Waals surface area contributed by atoms with Crippen LogP contribution >= 0.6 is 0 Å². The Morgan fingerprint density at radius 2 is 2.10 bits per heavy atom. The van der Waals surface area contributed by atoms with E-state index in [4.69, 9.17) is 0 Å². The summed E-state index contributed by atoms with van der Waals surface area (Å²) in [5.41, 5.74) is 1.18. The van der Waals surface area contributed by atoms with Crippen LogP contribution in [0.3, 0.4) is 0 Å². The molecule has 0 spiro atoms. The van der Waals surface area contributed by atoms with Gasteiger partial charge in [0.25, 0.3) is 0 Å². The Hall–Kier alpha value is -1.01. The summed E-state index contributed by atoms with van der Waals surface area (Å²) in [6, 6.07) is 4.01. The summed E-state index contributed by atoms with van der Waals surface area (Å²) in [5.74, 6) is 0. The van der Waals surface area contributed by atoms with Gasteiger partial charge in [-0.15, -0.1) is 0 Å². The van der Waals surface area contributed by atoms with Gasteiger partial charge in [0.1, 0.15) is 0 Å². The highest BCUT2D eigenvalue weighted by Crippen LogP contribution is 2.04. The second-order valence-electron chi connectivity index (χ2n) is 5.82. The van der Waals surface area contributed by atoms with E-state index in [0.717, 1.165) is 39.3 Å². The number of pyridine rings is 1. The van der Waals surface area contributed by atoms with Crippen molar-refractivity contribution in [3.63, 3.8) is 0 Å². The van der Waals surface area contributed by atoms with E-state index in [2.05, 4.69) is 32.8 Å². The van der Waals surface area contributed by atoms with Crippen LogP contribution in [0.2, 0.25) is 0 Å². The predicted octanol–water partition coefficient (Wildman–Crippen LogP) is 0.122. The SMILES string of the molecule is CN1CCN(CC(O)CN(C)Cc2cccnc2)CC1. The fourth-order valence-electron chi connectivity index (χ4n) is 2.61. The lowest BCUT2D eigenvalue weighted by Gasteiger charge is -2.34. The average molecular weight is 278 g/mol. The van der Waals surface area contributed by atoms with Crippen LogP contribution in [0, 0.1) is 0 Å². The molecule has 1 aliphatic heterocycles. The predicted molar refractivity (Wildman–Crippen MR) is 80.5 cm³/mol. The number of aliphatic hydroxyl groups excluding tert-OH is 1. The van der Waals surface area contributed by atoms with Crippen LogP contribution in [0.1, 0.15) is 5.56 Å². The zero-order valence-electron chi connectivity index (χ0n) is 12.6. The minimum Gasteiger partial charge on any atom is -0.390 e. The van der Waals surface area contributed by atoms with Gasteiger partial charge in [0.05, 0.1) is 6.10 Å². The Bertz CT molecular complexity index is 379. The molecule has 2 rings (SSSR count). The molecule has 0 aliphatic carbocycles. The molecule has 1 aromatic heterocycles. The lowest BCUT2D eigenvalue weighted by atomic mass is 10.2. The van der Waals surface area contributed by atoms with Crippen LogP contribution in [-0.4, -0.2) is 84.3 Å². The van der Waals surface area contributed by atoms with Crippen LogP contribution in [0.5, 0.6) is 0 Å². The topological polar surface area (TPSA) is 42.8 Å². The van der Waals surface area contributed by atoms with Gasteiger partial charge in [0.2, 0.25) is 0 Å². The van der Waals surface area contributed by atoms with Crippen molar-refractivity contribution in [2.45, 2.75) is 12.6 Å². The molecule has 0 bridgehead atoms. The number of hydrogen-bond acceptors (Lipinski definition) is 5. The molecular weight excluding hydrogens is 252 g/mol. The van der Waals surface area contributed by atoms with Crippen LogP contribution in [0.15, 0.2) is 24.5 Å². The zero-order chi connectivity index (χ0) is 14.4. The highest BCUT2D eigenvalue weighted by molar-refractivity contribution is 5.07. The molecule has 1 atom stereocenters. The fourth-order valence-corrected chi connectivity index (χ4v) is 2.61. The van der Waals surface area contributed by atoms with Gasteiger partial charge in [-0.2, -0.15) is 0 Å². The molecule has 1 unspecified atom stereocenters. The van der Waals surface area contributed by atoms with Gasteiger partial charge >= 0.3 is 0 Å². The second-order valence-corrected chi connectivity index (χ2v) is 5.82. The number of hydrogen-bond donors (Lipinski definition) is 1. The van der Waals surface area contributed by atoms with E-state index in [9.17, 15) is 5.11 Å². The maximum Gasteiger partial charge on any atom is 0.0793 e. The summed E-state index contributed by atoms with van der Waals surface area (Å²) < 4.78 is 0. The van der Waals surface area contributed by atoms with Gasteiger partial charge in [-0.3, -0.25) is 14.8 Å². The lowest BCUT2D eigenvalue weighted by molar-refractivity contribution is 0.0594. The Morgan fingerprint density at radius 3 is 2.75 bits per heavy atom. The molecule has 2 heterocycles. The quantitative estimate of drug-likeness (QED) is 0.801. The lowest BCUT2D eigenvalue weighted by Crippen LogP contribution is -2.48. The van der Waals surface area contributed by atoms with Crippen molar-refractivity contribution in [1.29, 1.82) is 0 Å². The Kier molecular flexibility index (Phi) is 5.91. The molecule has 112 valence electrons. The number of rotatable bonds is 6. The number of nitrogens with zero attached hydrogens (tertiary/aromatic N) is 4. The molecule has 0 saturated carbocycles. The van der Waals surface area contributed by atoms with Crippen LogP contribution in [0.4, 0.5) is 0 Å². The Balaban J connectivity index is 1.69. The van der Waals surface area contributed by atoms with E-state index in [1.165, 1.54) is 5.56 Å². The van der Waals surface area contributed by atoms with Crippen LogP contribution in [0.25, 0.3) is 0 Å². The number of β-amino-alcohol motifs (C(OH)–C–C–N with tert-alkyl or cyclic N) is 1. The summed E-state index contributed by atoms with van der Waals surface area (Å²) in [6.45, 7) is 6.59. The monoisotopic (exact) mass is 278 g/mol. The molecule has 20 heavy (non-hydrogen) atoms. The number of aromatic nitrogens is 1. The van der Waals surface area contributed by atoms with E-state index in [0.29, 0.717) is 6.54 Å². The minimum atomic E-state index is -0.292. The third-order valence-electron chi connectivity index (χ3n) is 3.76. The third-order valence-corrected chi connectivity index (χ3v) is 3.76. The van der Waals surface area contributed by atoms with Crippen molar-refractivity contribution >= 4 is 0 Å². The molecule has 1 aliphatic rings. The molecule has 5 heteroatoms. The smallest absolute Gasteiger partial charge is 0.0793 e.